The number of furan rings is 1. The molecule has 2 heterocycles. The van der Waals surface area contributed by atoms with Crippen molar-refractivity contribution < 1.29 is 14.1 Å². The summed E-state index contributed by atoms with van der Waals surface area (Å²) in [5.74, 6) is 0.645. The SMILES string of the molecule is O=C(N/N=C/c1ccc(-c2ccc([N+](=O)[O-])cc2Br)o1)c1ccc(N2CCCC2)cc1. The summed E-state index contributed by atoms with van der Waals surface area (Å²) in [6.07, 6.45) is 3.80. The molecule has 9 heteroatoms. The number of carbonyl (C=O) groups excluding carboxylic acids is 1. The molecule has 31 heavy (non-hydrogen) atoms. The van der Waals surface area contributed by atoms with Crippen molar-refractivity contribution in [3.05, 3.63) is 80.5 Å². The zero-order valence-corrected chi connectivity index (χ0v) is 18.0. The first-order chi connectivity index (χ1) is 15.0. The van der Waals surface area contributed by atoms with Gasteiger partial charge in [-0.05, 0) is 71.2 Å². The molecule has 0 saturated carbocycles. The van der Waals surface area contributed by atoms with Crippen LogP contribution >= 0.6 is 15.9 Å². The van der Waals surface area contributed by atoms with Crippen molar-refractivity contribution in [3.63, 3.8) is 0 Å². The number of hydrogen-bond donors (Lipinski definition) is 1. The van der Waals surface area contributed by atoms with Crippen LogP contribution in [0.2, 0.25) is 0 Å². The molecule has 1 aliphatic rings. The number of hydrogen-bond acceptors (Lipinski definition) is 6. The maximum Gasteiger partial charge on any atom is 0.271 e. The van der Waals surface area contributed by atoms with E-state index in [1.807, 2.05) is 12.1 Å². The first-order valence-corrected chi connectivity index (χ1v) is 10.5. The Kier molecular flexibility index (Phi) is 6.13. The quantitative estimate of drug-likeness (QED) is 0.303. The van der Waals surface area contributed by atoms with Gasteiger partial charge >= 0.3 is 0 Å². The average Bonchev–Trinajstić information content (AvgIpc) is 3.46. The summed E-state index contributed by atoms with van der Waals surface area (Å²) in [5, 5.41) is 14.8. The summed E-state index contributed by atoms with van der Waals surface area (Å²) in [6, 6.07) is 15.3. The number of nitrogens with zero attached hydrogens (tertiary/aromatic N) is 3. The van der Waals surface area contributed by atoms with Crippen LogP contribution in [0.4, 0.5) is 11.4 Å². The minimum Gasteiger partial charge on any atom is -0.455 e. The van der Waals surface area contributed by atoms with Crippen LogP contribution in [-0.4, -0.2) is 30.1 Å². The fraction of sp³-hybridized carbons (Fsp3) is 0.182. The summed E-state index contributed by atoms with van der Waals surface area (Å²) in [4.78, 5) is 25.0. The molecule has 0 spiro atoms. The number of rotatable bonds is 6. The Morgan fingerprint density at radius 2 is 1.87 bits per heavy atom. The van der Waals surface area contributed by atoms with E-state index < -0.39 is 4.92 Å². The van der Waals surface area contributed by atoms with Crippen molar-refractivity contribution in [1.82, 2.24) is 5.43 Å². The molecule has 8 nitrogen and oxygen atoms in total. The van der Waals surface area contributed by atoms with Gasteiger partial charge in [-0.15, -0.1) is 0 Å². The lowest BCUT2D eigenvalue weighted by atomic mass is 10.1. The topological polar surface area (TPSA) is 101 Å². The number of anilines is 1. The van der Waals surface area contributed by atoms with Crippen LogP contribution in [0.25, 0.3) is 11.3 Å². The second-order valence-electron chi connectivity index (χ2n) is 7.06. The number of hydrazone groups is 1. The van der Waals surface area contributed by atoms with E-state index in [2.05, 4.69) is 31.4 Å². The zero-order chi connectivity index (χ0) is 21.8. The molecule has 1 N–H and O–H groups in total. The van der Waals surface area contributed by atoms with E-state index >= 15 is 0 Å². The molecule has 0 atom stereocenters. The summed E-state index contributed by atoms with van der Waals surface area (Å²) in [6.45, 7) is 2.11. The van der Waals surface area contributed by atoms with Crippen LogP contribution in [0.3, 0.4) is 0 Å². The molecule has 1 fully saturated rings. The molecule has 1 amide bonds. The normalized spacial score (nSPS) is 13.6. The molecule has 1 saturated heterocycles. The molecule has 3 aromatic rings. The minimum absolute atomic E-state index is 0.0138. The van der Waals surface area contributed by atoms with Crippen molar-refractivity contribution in [2.75, 3.05) is 18.0 Å². The molecule has 0 aliphatic carbocycles. The van der Waals surface area contributed by atoms with E-state index in [1.54, 1.807) is 30.3 Å². The minimum atomic E-state index is -0.461. The summed E-state index contributed by atoms with van der Waals surface area (Å²) >= 11 is 3.33. The third-order valence-corrected chi connectivity index (χ3v) is 5.67. The van der Waals surface area contributed by atoms with E-state index in [9.17, 15) is 14.9 Å². The molecule has 1 aromatic heterocycles. The van der Waals surface area contributed by atoms with E-state index in [-0.39, 0.29) is 11.6 Å². The standard InChI is InChI=1S/C22H19BrN4O4/c23-20-13-17(27(29)30)7-9-19(20)21-10-8-18(31-21)14-24-25-22(28)15-3-5-16(6-4-15)26-11-1-2-12-26/h3-10,13-14H,1-2,11-12H2,(H,25,28)/b24-14+. The van der Waals surface area contributed by atoms with Gasteiger partial charge in [-0.3, -0.25) is 14.9 Å². The van der Waals surface area contributed by atoms with Gasteiger partial charge in [-0.2, -0.15) is 5.10 Å². The highest BCUT2D eigenvalue weighted by atomic mass is 79.9. The van der Waals surface area contributed by atoms with Gasteiger partial charge in [0.05, 0.1) is 11.1 Å². The highest BCUT2D eigenvalue weighted by Gasteiger charge is 2.14. The molecule has 2 aromatic carbocycles. The fourth-order valence-corrected chi connectivity index (χ4v) is 3.96. The van der Waals surface area contributed by atoms with Crippen LogP contribution in [-0.2, 0) is 0 Å². The van der Waals surface area contributed by atoms with E-state index in [0.29, 0.717) is 27.1 Å². The van der Waals surface area contributed by atoms with E-state index in [0.717, 1.165) is 18.8 Å². The smallest absolute Gasteiger partial charge is 0.271 e. The summed E-state index contributed by atoms with van der Waals surface area (Å²) in [5.41, 5.74) is 4.80. The fourth-order valence-electron chi connectivity index (χ4n) is 3.40. The molecule has 1 aliphatic heterocycles. The molecular weight excluding hydrogens is 464 g/mol. The Morgan fingerprint density at radius 1 is 1.13 bits per heavy atom. The first kappa shape index (κ1) is 20.8. The molecule has 158 valence electrons. The van der Waals surface area contributed by atoms with Crippen molar-refractivity contribution in [2.24, 2.45) is 5.10 Å². The lowest BCUT2D eigenvalue weighted by Crippen LogP contribution is -2.19. The maximum absolute atomic E-state index is 12.3. The number of non-ortho nitro benzene ring substituents is 1. The zero-order valence-electron chi connectivity index (χ0n) is 16.5. The highest BCUT2D eigenvalue weighted by Crippen LogP contribution is 2.32. The summed E-state index contributed by atoms with van der Waals surface area (Å²) < 4.78 is 6.25. The average molecular weight is 483 g/mol. The first-order valence-electron chi connectivity index (χ1n) is 9.74. The van der Waals surface area contributed by atoms with Crippen molar-refractivity contribution in [2.45, 2.75) is 12.8 Å². The Bertz CT molecular complexity index is 1130. The molecule has 0 bridgehead atoms. The number of nitro benzene ring substituents is 1. The lowest BCUT2D eigenvalue weighted by Gasteiger charge is -2.17. The van der Waals surface area contributed by atoms with Gasteiger partial charge in [-0.25, -0.2) is 5.43 Å². The number of carbonyl (C=O) groups is 1. The van der Waals surface area contributed by atoms with E-state index in [1.165, 1.54) is 31.2 Å². The third-order valence-electron chi connectivity index (χ3n) is 5.01. The highest BCUT2D eigenvalue weighted by molar-refractivity contribution is 9.10. The van der Waals surface area contributed by atoms with Crippen LogP contribution in [0, 0.1) is 10.1 Å². The predicted octanol–water partition coefficient (Wildman–Crippen LogP) is 4.98. The Hall–Kier alpha value is -3.46. The number of benzene rings is 2. The Balaban J connectivity index is 1.38. The van der Waals surface area contributed by atoms with Crippen LogP contribution < -0.4 is 10.3 Å². The van der Waals surface area contributed by atoms with Gasteiger partial charge in [-0.1, -0.05) is 0 Å². The lowest BCUT2D eigenvalue weighted by molar-refractivity contribution is -0.384. The van der Waals surface area contributed by atoms with Crippen molar-refractivity contribution >= 4 is 39.4 Å². The molecule has 0 radical (unpaired) electrons. The summed E-state index contributed by atoms with van der Waals surface area (Å²) in [7, 11) is 0. The van der Waals surface area contributed by atoms with Crippen molar-refractivity contribution in [3.8, 4) is 11.3 Å². The van der Waals surface area contributed by atoms with Crippen LogP contribution in [0.5, 0.6) is 0 Å². The molecular formula is C22H19BrN4O4. The van der Waals surface area contributed by atoms with Gasteiger partial charge in [0.2, 0.25) is 0 Å². The second-order valence-corrected chi connectivity index (χ2v) is 7.92. The Morgan fingerprint density at radius 3 is 2.55 bits per heavy atom. The van der Waals surface area contributed by atoms with E-state index in [4.69, 9.17) is 4.42 Å². The van der Waals surface area contributed by atoms with Crippen LogP contribution in [0.1, 0.15) is 29.0 Å². The van der Waals surface area contributed by atoms with Crippen LogP contribution in [0.15, 0.2) is 68.6 Å². The van der Waals surface area contributed by atoms with Crippen molar-refractivity contribution in [1.29, 1.82) is 0 Å². The van der Waals surface area contributed by atoms with Gasteiger partial charge in [0.1, 0.15) is 11.5 Å². The largest absolute Gasteiger partial charge is 0.455 e. The number of halogens is 1. The van der Waals surface area contributed by atoms with Gasteiger partial charge in [0.15, 0.2) is 0 Å². The number of nitro groups is 1. The predicted molar refractivity (Wildman–Crippen MR) is 121 cm³/mol. The monoisotopic (exact) mass is 482 g/mol. The second kappa shape index (κ2) is 9.13. The molecule has 0 unspecified atom stereocenters. The third kappa shape index (κ3) is 4.83. The van der Waals surface area contributed by atoms with Gasteiger partial charge in [0, 0.05) is 46.5 Å². The number of nitrogens with one attached hydrogen (secondary N) is 1. The van der Waals surface area contributed by atoms with Gasteiger partial charge in [0.25, 0.3) is 11.6 Å². The maximum atomic E-state index is 12.3. The van der Waals surface area contributed by atoms with Gasteiger partial charge < -0.3 is 9.32 Å². The Labute approximate surface area is 186 Å². The molecule has 4 rings (SSSR count). The number of amides is 1.